The third-order valence-electron chi connectivity index (χ3n) is 4.19. The number of nitrogens with zero attached hydrogens (tertiary/aromatic N) is 5. The van der Waals surface area contributed by atoms with Gasteiger partial charge in [-0.05, 0) is 23.8 Å². The first-order chi connectivity index (χ1) is 11.1. The minimum atomic E-state index is -0.382. The minimum absolute atomic E-state index is 0.0604. The van der Waals surface area contributed by atoms with Gasteiger partial charge in [0, 0.05) is 24.6 Å². The average Bonchev–Trinajstić information content (AvgIpc) is 3.22. The average molecular weight is 313 g/mol. The number of benzene rings is 1. The fourth-order valence-electron chi connectivity index (χ4n) is 2.99. The number of cyclic esters (lactones) is 1. The number of aromatic nitrogens is 3. The highest BCUT2D eigenvalue weighted by Crippen LogP contribution is 2.32. The van der Waals surface area contributed by atoms with E-state index in [-0.39, 0.29) is 18.1 Å². The molecule has 2 aromatic rings. The second kappa shape index (κ2) is 5.08. The standard InChI is InChI=1S/C15H15N5O3/c1-18-13-3-2-11(6-10(13)7-14(18)21)20-9-12(23-15(20)22)8-19-5-4-16-17-19/h2-6,12H,7-9H2,1H3. The molecule has 1 fully saturated rings. The Hall–Kier alpha value is -2.90. The van der Waals surface area contributed by atoms with Crippen molar-refractivity contribution in [1.29, 1.82) is 0 Å². The maximum atomic E-state index is 12.1. The van der Waals surface area contributed by atoms with Crippen LogP contribution in [0.15, 0.2) is 30.6 Å². The van der Waals surface area contributed by atoms with Gasteiger partial charge in [0.25, 0.3) is 0 Å². The van der Waals surface area contributed by atoms with Crippen LogP contribution in [0.1, 0.15) is 5.56 Å². The number of hydrogen-bond donors (Lipinski definition) is 0. The van der Waals surface area contributed by atoms with E-state index in [0.29, 0.717) is 19.5 Å². The van der Waals surface area contributed by atoms with Gasteiger partial charge in [0.05, 0.1) is 25.7 Å². The highest BCUT2D eigenvalue weighted by Gasteiger charge is 2.34. The lowest BCUT2D eigenvalue weighted by Gasteiger charge is -2.15. The van der Waals surface area contributed by atoms with E-state index in [1.54, 1.807) is 33.9 Å². The van der Waals surface area contributed by atoms with Crippen molar-refractivity contribution < 1.29 is 14.3 Å². The van der Waals surface area contributed by atoms with Crippen LogP contribution < -0.4 is 9.80 Å². The molecule has 0 aliphatic carbocycles. The number of carbonyl (C=O) groups is 2. The van der Waals surface area contributed by atoms with Gasteiger partial charge in [-0.2, -0.15) is 0 Å². The zero-order valence-electron chi connectivity index (χ0n) is 12.5. The van der Waals surface area contributed by atoms with E-state index in [4.69, 9.17) is 4.74 Å². The molecule has 23 heavy (non-hydrogen) atoms. The molecule has 0 saturated carbocycles. The number of fused-ring (bicyclic) bond motifs is 1. The largest absolute Gasteiger partial charge is 0.442 e. The predicted octanol–water partition coefficient (Wildman–Crippen LogP) is 0.822. The van der Waals surface area contributed by atoms with E-state index in [2.05, 4.69) is 10.3 Å². The Labute approximate surface area is 132 Å². The van der Waals surface area contributed by atoms with Crippen molar-refractivity contribution in [3.63, 3.8) is 0 Å². The smallest absolute Gasteiger partial charge is 0.414 e. The molecule has 2 amide bonds. The van der Waals surface area contributed by atoms with Gasteiger partial charge in [0.15, 0.2) is 0 Å². The maximum absolute atomic E-state index is 12.1. The fourth-order valence-corrected chi connectivity index (χ4v) is 2.99. The lowest BCUT2D eigenvalue weighted by molar-refractivity contribution is -0.117. The van der Waals surface area contributed by atoms with Crippen molar-refractivity contribution in [3.8, 4) is 0 Å². The Morgan fingerprint density at radius 3 is 3.00 bits per heavy atom. The lowest BCUT2D eigenvalue weighted by atomic mass is 10.1. The summed E-state index contributed by atoms with van der Waals surface area (Å²) in [6.07, 6.45) is 3.02. The molecule has 0 radical (unpaired) electrons. The van der Waals surface area contributed by atoms with Crippen LogP contribution in [0, 0.1) is 0 Å². The molecule has 2 aliphatic heterocycles. The monoisotopic (exact) mass is 313 g/mol. The van der Waals surface area contributed by atoms with Crippen molar-refractivity contribution in [2.24, 2.45) is 0 Å². The predicted molar refractivity (Wildman–Crippen MR) is 81.2 cm³/mol. The second-order valence-corrected chi connectivity index (χ2v) is 5.68. The van der Waals surface area contributed by atoms with E-state index < -0.39 is 0 Å². The summed E-state index contributed by atoms with van der Waals surface area (Å²) in [5.74, 6) is 0.0604. The number of hydrogen-bond acceptors (Lipinski definition) is 5. The maximum Gasteiger partial charge on any atom is 0.414 e. The number of likely N-dealkylation sites (N-methyl/N-ethyl adjacent to an activating group) is 1. The van der Waals surface area contributed by atoms with Crippen LogP contribution >= 0.6 is 0 Å². The van der Waals surface area contributed by atoms with Crippen molar-refractivity contribution >= 4 is 23.4 Å². The first kappa shape index (κ1) is 13.7. The van der Waals surface area contributed by atoms with Gasteiger partial charge in [-0.25, -0.2) is 9.48 Å². The summed E-state index contributed by atoms with van der Waals surface area (Å²) < 4.78 is 7.02. The Bertz CT molecular complexity index is 773. The van der Waals surface area contributed by atoms with E-state index in [1.165, 1.54) is 0 Å². The summed E-state index contributed by atoms with van der Waals surface area (Å²) in [5, 5.41) is 7.62. The highest BCUT2D eigenvalue weighted by molar-refractivity contribution is 6.02. The number of rotatable bonds is 3. The molecule has 1 unspecified atom stereocenters. The van der Waals surface area contributed by atoms with Gasteiger partial charge in [0.2, 0.25) is 5.91 Å². The molecular weight excluding hydrogens is 298 g/mol. The molecule has 3 heterocycles. The molecule has 0 bridgehead atoms. The van der Waals surface area contributed by atoms with Gasteiger partial charge in [0.1, 0.15) is 6.10 Å². The topological polar surface area (TPSA) is 80.6 Å². The van der Waals surface area contributed by atoms with Crippen LogP contribution in [0.3, 0.4) is 0 Å². The molecule has 1 atom stereocenters. The molecule has 8 nitrogen and oxygen atoms in total. The van der Waals surface area contributed by atoms with Crippen molar-refractivity contribution in [1.82, 2.24) is 15.0 Å². The lowest BCUT2D eigenvalue weighted by Crippen LogP contribution is -2.26. The fraction of sp³-hybridized carbons (Fsp3) is 0.333. The SMILES string of the molecule is CN1C(=O)Cc2cc(N3CC(Cn4ccnn4)OC3=O)ccc21. The molecule has 118 valence electrons. The van der Waals surface area contributed by atoms with Crippen molar-refractivity contribution in [3.05, 3.63) is 36.2 Å². The quantitative estimate of drug-likeness (QED) is 0.838. The van der Waals surface area contributed by atoms with Gasteiger partial charge < -0.3 is 9.64 Å². The third-order valence-corrected chi connectivity index (χ3v) is 4.19. The van der Waals surface area contributed by atoms with Crippen LogP contribution in [0.5, 0.6) is 0 Å². The molecule has 2 aliphatic rings. The van der Waals surface area contributed by atoms with Gasteiger partial charge in [-0.15, -0.1) is 5.10 Å². The summed E-state index contributed by atoms with van der Waals surface area (Å²) in [6, 6.07) is 5.59. The third kappa shape index (κ3) is 2.32. The van der Waals surface area contributed by atoms with Crippen LogP contribution in [0.2, 0.25) is 0 Å². The van der Waals surface area contributed by atoms with E-state index in [0.717, 1.165) is 16.9 Å². The number of anilines is 2. The Morgan fingerprint density at radius 1 is 1.35 bits per heavy atom. The summed E-state index contributed by atoms with van der Waals surface area (Å²) in [7, 11) is 1.76. The minimum Gasteiger partial charge on any atom is -0.442 e. The first-order valence-corrected chi connectivity index (χ1v) is 7.33. The summed E-state index contributed by atoms with van der Waals surface area (Å²) >= 11 is 0. The van der Waals surface area contributed by atoms with Gasteiger partial charge in [-0.3, -0.25) is 9.69 Å². The molecule has 4 rings (SSSR count). The molecule has 1 saturated heterocycles. The van der Waals surface area contributed by atoms with Crippen LogP contribution in [0.4, 0.5) is 16.2 Å². The van der Waals surface area contributed by atoms with E-state index >= 15 is 0 Å². The molecule has 8 heteroatoms. The molecule has 0 N–H and O–H groups in total. The summed E-state index contributed by atoms with van der Waals surface area (Å²) in [4.78, 5) is 27.1. The van der Waals surface area contributed by atoms with Crippen LogP contribution in [-0.2, 0) is 22.5 Å². The van der Waals surface area contributed by atoms with Gasteiger partial charge in [-0.1, -0.05) is 5.21 Å². The van der Waals surface area contributed by atoms with E-state index in [9.17, 15) is 9.59 Å². The molecule has 1 aromatic carbocycles. The normalized spacial score (nSPS) is 20.1. The first-order valence-electron chi connectivity index (χ1n) is 7.33. The van der Waals surface area contributed by atoms with Crippen LogP contribution in [-0.4, -0.2) is 46.7 Å². The number of ether oxygens (including phenoxy) is 1. The Morgan fingerprint density at radius 2 is 2.22 bits per heavy atom. The summed E-state index contributed by atoms with van der Waals surface area (Å²) in [6.45, 7) is 0.912. The Kier molecular flexibility index (Phi) is 3.03. The molecule has 0 spiro atoms. The van der Waals surface area contributed by atoms with Crippen molar-refractivity contribution in [2.45, 2.75) is 19.1 Å². The number of amides is 2. The number of carbonyl (C=O) groups excluding carboxylic acids is 2. The molecular formula is C15H15N5O3. The highest BCUT2D eigenvalue weighted by atomic mass is 16.6. The van der Waals surface area contributed by atoms with Crippen molar-refractivity contribution in [2.75, 3.05) is 23.4 Å². The second-order valence-electron chi connectivity index (χ2n) is 5.68. The van der Waals surface area contributed by atoms with Crippen LogP contribution in [0.25, 0.3) is 0 Å². The molecule has 1 aromatic heterocycles. The zero-order chi connectivity index (χ0) is 16.0. The van der Waals surface area contributed by atoms with Gasteiger partial charge >= 0.3 is 6.09 Å². The summed E-state index contributed by atoms with van der Waals surface area (Å²) in [5.41, 5.74) is 2.57. The Balaban J connectivity index is 1.54. The van der Waals surface area contributed by atoms with E-state index in [1.807, 2.05) is 18.2 Å². The zero-order valence-corrected chi connectivity index (χ0v) is 12.5.